The third-order valence-electron chi connectivity index (χ3n) is 3.36. The van der Waals surface area contributed by atoms with E-state index in [1.54, 1.807) is 25.1 Å². The number of amides is 1. The second kappa shape index (κ2) is 6.33. The third-order valence-corrected chi connectivity index (χ3v) is 3.64. The minimum Gasteiger partial charge on any atom is -0.493 e. The van der Waals surface area contributed by atoms with Crippen LogP contribution < -0.4 is 15.2 Å². The fourth-order valence-electron chi connectivity index (χ4n) is 2.24. The van der Waals surface area contributed by atoms with Gasteiger partial charge in [-0.25, -0.2) is 0 Å². The van der Waals surface area contributed by atoms with Gasteiger partial charge in [0, 0.05) is 20.0 Å². The highest BCUT2D eigenvalue weighted by Gasteiger charge is 2.32. The Morgan fingerprint density at radius 2 is 2.25 bits per heavy atom. The summed E-state index contributed by atoms with van der Waals surface area (Å²) in [5.74, 6) is 0.918. The van der Waals surface area contributed by atoms with Gasteiger partial charge in [0.1, 0.15) is 0 Å². The van der Waals surface area contributed by atoms with Crippen LogP contribution in [-0.2, 0) is 11.2 Å². The molecule has 110 valence electrons. The molecule has 0 aromatic heterocycles. The number of likely N-dealkylation sites (tertiary alicyclic amines) is 1. The number of halogens is 1. The lowest BCUT2D eigenvalue weighted by Gasteiger charge is -2.17. The van der Waals surface area contributed by atoms with E-state index in [2.05, 4.69) is 0 Å². The Hall–Kier alpha value is -1.46. The highest BCUT2D eigenvalue weighted by molar-refractivity contribution is 6.32. The molecule has 0 aliphatic carbocycles. The van der Waals surface area contributed by atoms with Crippen molar-refractivity contribution in [2.24, 2.45) is 5.73 Å². The Balaban J connectivity index is 2.25. The van der Waals surface area contributed by atoms with E-state index in [9.17, 15) is 4.79 Å². The van der Waals surface area contributed by atoms with E-state index in [1.165, 1.54) is 0 Å². The zero-order chi connectivity index (χ0) is 14.7. The molecule has 1 amide bonds. The quantitative estimate of drug-likeness (QED) is 0.894. The van der Waals surface area contributed by atoms with Crippen molar-refractivity contribution in [3.05, 3.63) is 22.7 Å². The van der Waals surface area contributed by atoms with Crippen LogP contribution in [0.15, 0.2) is 12.1 Å². The number of nitrogens with zero attached hydrogens (tertiary/aromatic N) is 1. The molecule has 1 saturated heterocycles. The van der Waals surface area contributed by atoms with Gasteiger partial charge in [0.25, 0.3) is 5.91 Å². The molecule has 0 saturated carbocycles. The van der Waals surface area contributed by atoms with Crippen LogP contribution >= 0.6 is 11.6 Å². The van der Waals surface area contributed by atoms with Gasteiger partial charge in [-0.2, -0.15) is 0 Å². The van der Waals surface area contributed by atoms with Crippen molar-refractivity contribution in [2.45, 2.75) is 18.9 Å². The van der Waals surface area contributed by atoms with Gasteiger partial charge in [0.05, 0.1) is 12.1 Å². The average Bonchev–Trinajstić information content (AvgIpc) is 2.73. The number of carbonyl (C=O) groups is 1. The Kier molecular flexibility index (Phi) is 4.73. The summed E-state index contributed by atoms with van der Waals surface area (Å²) in [6.45, 7) is 1.22. The lowest BCUT2D eigenvalue weighted by Crippen LogP contribution is -2.29. The molecule has 1 aliphatic rings. The molecule has 1 aromatic carbocycles. The van der Waals surface area contributed by atoms with Gasteiger partial charge < -0.3 is 20.1 Å². The average molecular weight is 299 g/mol. The van der Waals surface area contributed by atoms with Crippen molar-refractivity contribution in [1.82, 2.24) is 4.90 Å². The van der Waals surface area contributed by atoms with Gasteiger partial charge in [-0.3, -0.25) is 4.79 Å². The highest BCUT2D eigenvalue weighted by Crippen LogP contribution is 2.38. The number of benzene rings is 1. The van der Waals surface area contributed by atoms with E-state index >= 15 is 0 Å². The van der Waals surface area contributed by atoms with E-state index in [1.807, 2.05) is 6.07 Å². The summed E-state index contributed by atoms with van der Waals surface area (Å²) in [6.07, 6.45) is 0.868. The van der Waals surface area contributed by atoms with E-state index in [-0.39, 0.29) is 5.91 Å². The first-order valence-electron chi connectivity index (χ1n) is 6.55. The molecule has 1 atom stereocenters. The molecule has 1 aromatic rings. The van der Waals surface area contributed by atoms with Crippen LogP contribution in [0.4, 0.5) is 0 Å². The maximum Gasteiger partial charge on any atom is 0.263 e. The van der Waals surface area contributed by atoms with Gasteiger partial charge in [0.15, 0.2) is 17.6 Å². The summed E-state index contributed by atoms with van der Waals surface area (Å²) >= 11 is 6.24. The molecule has 0 bridgehead atoms. The van der Waals surface area contributed by atoms with Crippen LogP contribution in [0, 0.1) is 0 Å². The zero-order valence-corrected chi connectivity index (χ0v) is 12.4. The minimum atomic E-state index is -0.494. The largest absolute Gasteiger partial charge is 0.493 e. The van der Waals surface area contributed by atoms with Gasteiger partial charge in [0.2, 0.25) is 0 Å². The summed E-state index contributed by atoms with van der Waals surface area (Å²) in [4.78, 5) is 13.5. The van der Waals surface area contributed by atoms with Crippen molar-refractivity contribution >= 4 is 17.5 Å². The molecule has 1 unspecified atom stereocenters. The Morgan fingerprint density at radius 1 is 1.50 bits per heavy atom. The molecule has 0 radical (unpaired) electrons. The second-order valence-electron chi connectivity index (χ2n) is 4.80. The molecule has 6 heteroatoms. The number of rotatable bonds is 5. The molecule has 2 N–H and O–H groups in total. The van der Waals surface area contributed by atoms with Crippen LogP contribution in [0.25, 0.3) is 0 Å². The molecular formula is C14H19ClN2O3. The van der Waals surface area contributed by atoms with E-state index in [4.69, 9.17) is 26.8 Å². The zero-order valence-electron chi connectivity index (χ0n) is 11.7. The highest BCUT2D eigenvalue weighted by atomic mass is 35.5. The lowest BCUT2D eigenvalue weighted by molar-refractivity contribution is -0.132. The molecule has 5 nitrogen and oxygen atoms in total. The molecule has 2 rings (SSSR count). The topological polar surface area (TPSA) is 64.8 Å². The number of nitrogens with two attached hydrogens (primary N) is 1. The van der Waals surface area contributed by atoms with E-state index in [0.717, 1.165) is 5.56 Å². The second-order valence-corrected chi connectivity index (χ2v) is 5.21. The first-order valence-corrected chi connectivity index (χ1v) is 6.92. The van der Waals surface area contributed by atoms with Crippen LogP contribution in [0.1, 0.15) is 12.0 Å². The van der Waals surface area contributed by atoms with Crippen LogP contribution in [0.3, 0.4) is 0 Å². The molecular weight excluding hydrogens is 280 g/mol. The number of hydrogen-bond donors (Lipinski definition) is 1. The third kappa shape index (κ3) is 2.99. The first-order chi connectivity index (χ1) is 9.56. The van der Waals surface area contributed by atoms with Gasteiger partial charge in [-0.05, 0) is 30.7 Å². The normalized spacial score (nSPS) is 18.5. The van der Waals surface area contributed by atoms with Gasteiger partial charge >= 0.3 is 0 Å². The molecule has 1 fully saturated rings. The fraction of sp³-hybridized carbons (Fsp3) is 0.500. The molecule has 0 spiro atoms. The number of likely N-dealkylation sites (N-methyl/N-ethyl adjacent to an activating group) is 1. The van der Waals surface area contributed by atoms with Crippen molar-refractivity contribution < 1.29 is 14.3 Å². The summed E-state index contributed by atoms with van der Waals surface area (Å²) in [5, 5.41) is 0.440. The Morgan fingerprint density at radius 3 is 2.80 bits per heavy atom. The van der Waals surface area contributed by atoms with Crippen molar-refractivity contribution in [3.63, 3.8) is 0 Å². The van der Waals surface area contributed by atoms with Crippen molar-refractivity contribution in [3.8, 4) is 11.5 Å². The predicted octanol–water partition coefficient (Wildman–Crippen LogP) is 1.46. The standard InChI is InChI=1S/C14H19ClN2O3/c1-17-6-4-11(14(17)18)20-13-10(15)7-9(3-5-16)8-12(13)19-2/h7-8,11H,3-6,16H2,1-2H3. The Bertz CT molecular complexity index is 507. The predicted molar refractivity (Wildman–Crippen MR) is 77.4 cm³/mol. The smallest absolute Gasteiger partial charge is 0.263 e. The van der Waals surface area contributed by atoms with Crippen LogP contribution in [0.5, 0.6) is 11.5 Å². The van der Waals surface area contributed by atoms with Crippen molar-refractivity contribution in [1.29, 1.82) is 0 Å². The van der Waals surface area contributed by atoms with E-state index in [0.29, 0.717) is 42.5 Å². The maximum atomic E-state index is 11.9. The lowest BCUT2D eigenvalue weighted by atomic mass is 10.1. The first kappa shape index (κ1) is 14.9. The monoisotopic (exact) mass is 298 g/mol. The number of ether oxygens (including phenoxy) is 2. The van der Waals surface area contributed by atoms with E-state index < -0.39 is 6.10 Å². The summed E-state index contributed by atoms with van der Waals surface area (Å²) in [5.41, 5.74) is 6.52. The van der Waals surface area contributed by atoms with Gasteiger partial charge in [-0.15, -0.1) is 0 Å². The van der Waals surface area contributed by atoms with Crippen LogP contribution in [0.2, 0.25) is 5.02 Å². The number of hydrogen-bond acceptors (Lipinski definition) is 4. The molecule has 20 heavy (non-hydrogen) atoms. The fourth-order valence-corrected chi connectivity index (χ4v) is 2.52. The SMILES string of the molecule is COc1cc(CCN)cc(Cl)c1OC1CCN(C)C1=O. The van der Waals surface area contributed by atoms with Crippen molar-refractivity contribution in [2.75, 3.05) is 27.2 Å². The minimum absolute atomic E-state index is 0.0332. The summed E-state index contributed by atoms with van der Waals surface area (Å²) in [6, 6.07) is 3.65. The molecule has 1 heterocycles. The molecule has 1 aliphatic heterocycles. The summed E-state index contributed by atoms with van der Waals surface area (Å²) < 4.78 is 11.1. The number of methoxy groups -OCH3 is 1. The number of carbonyl (C=O) groups excluding carboxylic acids is 1. The van der Waals surface area contributed by atoms with Crippen LogP contribution in [-0.4, -0.2) is 44.2 Å². The Labute approximate surface area is 123 Å². The maximum absolute atomic E-state index is 11.9. The summed E-state index contributed by atoms with van der Waals surface area (Å²) in [7, 11) is 3.31. The van der Waals surface area contributed by atoms with Gasteiger partial charge in [-0.1, -0.05) is 11.6 Å².